The third-order valence-corrected chi connectivity index (χ3v) is 5.06. The topological polar surface area (TPSA) is 56.1 Å². The van der Waals surface area contributed by atoms with E-state index >= 15 is 0 Å². The summed E-state index contributed by atoms with van der Waals surface area (Å²) < 4.78 is 7.71. The molecule has 5 heteroatoms. The molecule has 126 valence electrons. The van der Waals surface area contributed by atoms with E-state index in [0.717, 1.165) is 31.4 Å². The van der Waals surface area contributed by atoms with Gasteiger partial charge in [0, 0.05) is 31.3 Å². The second kappa shape index (κ2) is 6.40. The van der Waals surface area contributed by atoms with Gasteiger partial charge in [-0.2, -0.15) is 5.10 Å². The van der Waals surface area contributed by atoms with Gasteiger partial charge in [0.1, 0.15) is 6.10 Å². The second-order valence-electron chi connectivity index (χ2n) is 6.86. The number of carbonyl (C=O) groups excluding carboxylic acids is 1. The van der Waals surface area contributed by atoms with Crippen LogP contribution in [0.1, 0.15) is 42.4 Å². The van der Waals surface area contributed by atoms with Crippen LogP contribution in [0.4, 0.5) is 0 Å². The van der Waals surface area contributed by atoms with Gasteiger partial charge in [-0.3, -0.25) is 9.48 Å². The maximum atomic E-state index is 12.7. The van der Waals surface area contributed by atoms with Gasteiger partial charge in [-0.1, -0.05) is 30.3 Å². The lowest BCUT2D eigenvalue weighted by molar-refractivity contribution is -0.125. The van der Waals surface area contributed by atoms with Gasteiger partial charge in [0.2, 0.25) is 5.91 Å². The number of rotatable bonds is 4. The molecule has 0 spiro atoms. The van der Waals surface area contributed by atoms with Crippen molar-refractivity contribution in [1.29, 1.82) is 0 Å². The third kappa shape index (κ3) is 3.08. The molecule has 0 unspecified atom stereocenters. The van der Waals surface area contributed by atoms with Crippen molar-refractivity contribution >= 4 is 5.91 Å². The summed E-state index contributed by atoms with van der Waals surface area (Å²) in [5, 5.41) is 7.47. The van der Waals surface area contributed by atoms with E-state index in [1.54, 1.807) is 4.68 Å². The Hall–Kier alpha value is -2.14. The molecule has 2 aromatic rings. The zero-order chi connectivity index (χ0) is 16.5. The molecule has 2 fully saturated rings. The molecule has 1 saturated heterocycles. The number of aromatic nitrogens is 2. The van der Waals surface area contributed by atoms with Gasteiger partial charge in [-0.25, -0.2) is 0 Å². The number of ether oxygens (including phenoxy) is 1. The van der Waals surface area contributed by atoms with Crippen molar-refractivity contribution in [3.8, 4) is 0 Å². The molecule has 4 atom stereocenters. The lowest BCUT2D eigenvalue weighted by atomic mass is 9.97. The Balaban J connectivity index is 1.41. The molecule has 1 saturated carbocycles. The minimum Gasteiger partial charge on any atom is -0.371 e. The van der Waals surface area contributed by atoms with Crippen molar-refractivity contribution in [1.82, 2.24) is 15.1 Å². The zero-order valence-electron chi connectivity index (χ0n) is 13.9. The first-order valence-corrected chi connectivity index (χ1v) is 8.68. The number of hydrogen-bond donors (Lipinski definition) is 1. The maximum Gasteiger partial charge on any atom is 0.224 e. The smallest absolute Gasteiger partial charge is 0.224 e. The molecule has 2 heterocycles. The summed E-state index contributed by atoms with van der Waals surface area (Å²) in [4.78, 5) is 12.7. The summed E-state index contributed by atoms with van der Waals surface area (Å²) in [5.74, 6) is 0.629. The normalized spacial score (nSPS) is 29.2. The van der Waals surface area contributed by atoms with Gasteiger partial charge in [0.25, 0.3) is 0 Å². The van der Waals surface area contributed by atoms with Gasteiger partial charge in [-0.15, -0.1) is 0 Å². The minimum atomic E-state index is -0.0923. The van der Waals surface area contributed by atoms with Crippen LogP contribution >= 0.6 is 0 Å². The van der Waals surface area contributed by atoms with Crippen LogP contribution in [0, 0.1) is 5.92 Å². The molecule has 1 aromatic heterocycles. The fraction of sp³-hybridized carbons (Fsp3) is 0.474. The number of amides is 1. The van der Waals surface area contributed by atoms with Crippen molar-refractivity contribution in [2.75, 3.05) is 6.61 Å². The van der Waals surface area contributed by atoms with Crippen molar-refractivity contribution in [3.05, 3.63) is 53.9 Å². The Kier molecular flexibility index (Phi) is 4.10. The van der Waals surface area contributed by atoms with Gasteiger partial charge in [-0.05, 0) is 30.7 Å². The lowest BCUT2D eigenvalue weighted by Crippen LogP contribution is -2.43. The van der Waals surface area contributed by atoms with Crippen LogP contribution in [-0.2, 0) is 16.6 Å². The number of nitrogens with zero attached hydrogens (tertiary/aromatic N) is 2. The van der Waals surface area contributed by atoms with E-state index < -0.39 is 0 Å². The molecular weight excluding hydrogens is 302 g/mol. The molecule has 24 heavy (non-hydrogen) atoms. The Morgan fingerprint density at radius 1 is 1.29 bits per heavy atom. The van der Waals surface area contributed by atoms with Crippen molar-refractivity contribution in [2.24, 2.45) is 13.0 Å². The van der Waals surface area contributed by atoms with Crippen molar-refractivity contribution in [2.45, 2.75) is 37.3 Å². The minimum absolute atomic E-state index is 0.0347. The molecule has 1 aromatic carbocycles. The van der Waals surface area contributed by atoms with Crippen LogP contribution in [0.2, 0.25) is 0 Å². The van der Waals surface area contributed by atoms with E-state index in [9.17, 15) is 4.79 Å². The molecule has 1 aliphatic carbocycles. The summed E-state index contributed by atoms with van der Waals surface area (Å²) in [5.41, 5.74) is 2.30. The molecule has 0 bridgehead atoms. The lowest BCUT2D eigenvalue weighted by Gasteiger charge is -2.32. The second-order valence-corrected chi connectivity index (χ2v) is 6.86. The Bertz CT molecular complexity index is 712. The molecule has 1 aliphatic heterocycles. The highest BCUT2D eigenvalue weighted by Gasteiger charge is 2.45. The Morgan fingerprint density at radius 3 is 2.88 bits per heavy atom. The number of hydrogen-bond acceptors (Lipinski definition) is 3. The molecule has 4 rings (SSSR count). The first kappa shape index (κ1) is 15.4. The van der Waals surface area contributed by atoms with Crippen molar-refractivity contribution < 1.29 is 9.53 Å². The summed E-state index contributed by atoms with van der Waals surface area (Å²) in [6.07, 6.45) is 6.59. The molecule has 1 N–H and O–H groups in total. The predicted molar refractivity (Wildman–Crippen MR) is 90.4 cm³/mol. The van der Waals surface area contributed by atoms with Gasteiger partial charge >= 0.3 is 0 Å². The number of nitrogens with one attached hydrogen (secondary N) is 1. The number of aryl methyl sites for hydroxylation is 1. The molecular formula is C19H23N3O2. The molecule has 5 nitrogen and oxygen atoms in total. The van der Waals surface area contributed by atoms with Crippen LogP contribution in [0.3, 0.4) is 0 Å². The van der Waals surface area contributed by atoms with E-state index in [2.05, 4.69) is 22.5 Å². The standard InChI is InChI=1S/C19H23N3O2/c1-22-12-14(11-20-22)18-17(8-5-9-24-18)21-19(23)16-10-15(16)13-6-3-2-4-7-13/h2-4,6-7,11-12,15-18H,5,8-10H2,1H3,(H,21,23)/t15-,16+,17+,18-/m1/s1. The Labute approximate surface area is 142 Å². The average Bonchev–Trinajstić information content (AvgIpc) is 3.31. The Morgan fingerprint density at radius 2 is 2.12 bits per heavy atom. The summed E-state index contributed by atoms with van der Waals surface area (Å²) in [6, 6.07) is 10.3. The predicted octanol–water partition coefficient (Wildman–Crippen LogP) is 2.56. The first-order valence-electron chi connectivity index (χ1n) is 8.68. The van der Waals surface area contributed by atoms with Crippen LogP contribution in [0.15, 0.2) is 42.7 Å². The number of carbonyl (C=O) groups is 1. The van der Waals surface area contributed by atoms with Crippen LogP contribution in [-0.4, -0.2) is 28.3 Å². The fourth-order valence-electron chi connectivity index (χ4n) is 3.69. The highest BCUT2D eigenvalue weighted by molar-refractivity contribution is 5.83. The van der Waals surface area contributed by atoms with E-state index in [1.165, 1.54) is 5.56 Å². The van der Waals surface area contributed by atoms with Gasteiger partial charge in [0.15, 0.2) is 0 Å². The van der Waals surface area contributed by atoms with Gasteiger partial charge < -0.3 is 10.1 Å². The SMILES string of the molecule is Cn1cc([C@H]2OCCC[C@@H]2NC(=O)[C@H]2C[C@@H]2c2ccccc2)cn1. The summed E-state index contributed by atoms with van der Waals surface area (Å²) in [7, 11) is 1.90. The summed E-state index contributed by atoms with van der Waals surface area (Å²) in [6.45, 7) is 0.738. The van der Waals surface area contributed by atoms with Crippen LogP contribution in [0.25, 0.3) is 0 Å². The average molecular weight is 325 g/mol. The zero-order valence-corrected chi connectivity index (χ0v) is 13.9. The van der Waals surface area contributed by atoms with E-state index in [0.29, 0.717) is 5.92 Å². The summed E-state index contributed by atoms with van der Waals surface area (Å²) >= 11 is 0. The quantitative estimate of drug-likeness (QED) is 0.940. The number of benzene rings is 1. The van der Waals surface area contributed by atoms with E-state index in [4.69, 9.17) is 4.74 Å². The third-order valence-electron chi connectivity index (χ3n) is 5.06. The largest absolute Gasteiger partial charge is 0.371 e. The molecule has 1 amide bonds. The first-order chi connectivity index (χ1) is 11.7. The maximum absolute atomic E-state index is 12.7. The monoisotopic (exact) mass is 325 g/mol. The molecule has 2 aliphatic rings. The van der Waals surface area contributed by atoms with E-state index in [1.807, 2.05) is 37.6 Å². The highest BCUT2D eigenvalue weighted by Crippen LogP contribution is 2.47. The van der Waals surface area contributed by atoms with Crippen LogP contribution < -0.4 is 5.32 Å². The van der Waals surface area contributed by atoms with E-state index in [-0.39, 0.29) is 24.0 Å². The molecule has 0 radical (unpaired) electrons. The fourth-order valence-corrected chi connectivity index (χ4v) is 3.69. The van der Waals surface area contributed by atoms with Gasteiger partial charge in [0.05, 0.1) is 12.2 Å². The van der Waals surface area contributed by atoms with Crippen LogP contribution in [0.5, 0.6) is 0 Å². The highest BCUT2D eigenvalue weighted by atomic mass is 16.5. The van der Waals surface area contributed by atoms with Crippen molar-refractivity contribution in [3.63, 3.8) is 0 Å².